The Morgan fingerprint density at radius 1 is 0.784 bits per heavy atom. The molecule has 278 valence electrons. The highest BCUT2D eigenvalue weighted by Crippen LogP contribution is 2.40. The van der Waals surface area contributed by atoms with Crippen LogP contribution in [0.4, 0.5) is 8.78 Å². The van der Waals surface area contributed by atoms with E-state index in [-0.39, 0.29) is 17.2 Å². The van der Waals surface area contributed by atoms with Gasteiger partial charge >= 0.3 is 0 Å². The lowest BCUT2D eigenvalue weighted by Gasteiger charge is -2.02. The van der Waals surface area contributed by atoms with Gasteiger partial charge in [0, 0.05) is 55.6 Å². The number of aromatic nitrogens is 8. The van der Waals surface area contributed by atoms with Crippen LogP contribution in [0.2, 0.25) is 10.0 Å². The number of rotatable bonds is 4. The molecular formula is C36H48Cl2F2N8O3. The SMILES string of the molecule is CCn1cc(Cl)cc(C)c1=O.COc1ncc(Cl)cc1C.COc1nnc(C)cc1C.Cc1c(F)c(C2CC2)nn1C.Cc1nn(C)c(C)c1F. The predicted octanol–water partition coefficient (Wildman–Crippen LogP) is 7.91. The molecule has 5 heterocycles. The number of hydrogen-bond acceptors (Lipinski definition) is 8. The Labute approximate surface area is 308 Å². The van der Waals surface area contributed by atoms with Crippen molar-refractivity contribution in [3.05, 3.63) is 108 Å². The summed E-state index contributed by atoms with van der Waals surface area (Å²) in [6.45, 7) is 15.2. The second-order valence-electron chi connectivity index (χ2n) is 11.9. The highest BCUT2D eigenvalue weighted by molar-refractivity contribution is 6.30. The lowest BCUT2D eigenvalue weighted by Crippen LogP contribution is -2.20. The summed E-state index contributed by atoms with van der Waals surface area (Å²) in [5.74, 6) is 1.34. The number of ether oxygens (including phenoxy) is 2. The average Bonchev–Trinajstić information content (AvgIpc) is 3.86. The van der Waals surface area contributed by atoms with Gasteiger partial charge in [0.25, 0.3) is 5.56 Å². The third-order valence-corrected chi connectivity index (χ3v) is 8.10. The second kappa shape index (κ2) is 19.9. The van der Waals surface area contributed by atoms with Gasteiger partial charge in [-0.25, -0.2) is 13.8 Å². The van der Waals surface area contributed by atoms with Gasteiger partial charge in [0.1, 0.15) is 5.69 Å². The molecule has 1 aliphatic rings. The molecule has 15 heteroatoms. The fourth-order valence-electron chi connectivity index (χ4n) is 4.50. The van der Waals surface area contributed by atoms with E-state index in [2.05, 4.69) is 25.4 Å². The van der Waals surface area contributed by atoms with E-state index >= 15 is 0 Å². The van der Waals surface area contributed by atoms with E-state index in [0.29, 0.717) is 62.6 Å². The summed E-state index contributed by atoms with van der Waals surface area (Å²) in [6, 6.07) is 5.43. The molecule has 0 saturated heterocycles. The molecule has 0 atom stereocenters. The van der Waals surface area contributed by atoms with Crippen LogP contribution in [-0.4, -0.2) is 53.5 Å². The molecule has 5 aromatic heterocycles. The average molecular weight is 750 g/mol. The molecule has 0 unspecified atom stereocenters. The summed E-state index contributed by atoms with van der Waals surface area (Å²) < 4.78 is 40.5. The number of pyridine rings is 2. The van der Waals surface area contributed by atoms with Crippen LogP contribution in [0.3, 0.4) is 0 Å². The molecule has 51 heavy (non-hydrogen) atoms. The van der Waals surface area contributed by atoms with Gasteiger partial charge in [-0.1, -0.05) is 23.2 Å². The summed E-state index contributed by atoms with van der Waals surface area (Å²) >= 11 is 11.4. The van der Waals surface area contributed by atoms with E-state index in [0.717, 1.165) is 29.7 Å². The smallest absolute Gasteiger partial charge is 0.253 e. The minimum atomic E-state index is -0.197. The Morgan fingerprint density at radius 3 is 1.75 bits per heavy atom. The van der Waals surface area contributed by atoms with Gasteiger partial charge in [0.15, 0.2) is 11.6 Å². The maximum Gasteiger partial charge on any atom is 0.253 e. The predicted molar refractivity (Wildman–Crippen MR) is 197 cm³/mol. The Hall–Kier alpha value is -4.36. The van der Waals surface area contributed by atoms with Crippen molar-refractivity contribution in [2.75, 3.05) is 14.2 Å². The minimum Gasteiger partial charge on any atom is -0.481 e. The van der Waals surface area contributed by atoms with Gasteiger partial charge in [-0.05, 0) is 86.4 Å². The fraction of sp³-hybridized carbons (Fsp3) is 0.444. The fourth-order valence-corrected chi connectivity index (χ4v) is 4.99. The zero-order valence-electron chi connectivity index (χ0n) is 31.4. The van der Waals surface area contributed by atoms with Gasteiger partial charge in [-0.15, -0.1) is 5.10 Å². The van der Waals surface area contributed by atoms with Crippen molar-refractivity contribution in [1.29, 1.82) is 0 Å². The zero-order valence-corrected chi connectivity index (χ0v) is 32.9. The van der Waals surface area contributed by atoms with Crippen LogP contribution in [0.1, 0.15) is 70.8 Å². The largest absolute Gasteiger partial charge is 0.481 e. The van der Waals surface area contributed by atoms with Gasteiger partial charge in [-0.3, -0.25) is 14.2 Å². The first-order chi connectivity index (χ1) is 23.9. The van der Waals surface area contributed by atoms with Gasteiger partial charge < -0.3 is 14.0 Å². The van der Waals surface area contributed by atoms with Crippen molar-refractivity contribution in [3.8, 4) is 11.8 Å². The van der Waals surface area contributed by atoms with Gasteiger partial charge in [-0.2, -0.15) is 15.3 Å². The Morgan fingerprint density at radius 2 is 1.33 bits per heavy atom. The zero-order chi connectivity index (χ0) is 38.6. The van der Waals surface area contributed by atoms with Crippen molar-refractivity contribution in [2.45, 2.75) is 80.7 Å². The van der Waals surface area contributed by atoms with Crippen molar-refractivity contribution in [2.24, 2.45) is 14.1 Å². The van der Waals surface area contributed by atoms with E-state index in [9.17, 15) is 13.6 Å². The molecule has 6 rings (SSSR count). The molecule has 0 aliphatic heterocycles. The number of hydrogen-bond donors (Lipinski definition) is 0. The normalized spacial score (nSPS) is 11.5. The molecule has 0 spiro atoms. The number of nitrogens with zero attached hydrogens (tertiary/aromatic N) is 8. The van der Waals surface area contributed by atoms with Crippen LogP contribution in [0.25, 0.3) is 0 Å². The van der Waals surface area contributed by atoms with E-state index in [4.69, 9.17) is 32.7 Å². The molecule has 5 aromatic rings. The van der Waals surface area contributed by atoms with Crippen LogP contribution < -0.4 is 15.0 Å². The topological polar surface area (TPSA) is 115 Å². The molecule has 0 bridgehead atoms. The Balaban J connectivity index is 0.000000221. The molecule has 0 aromatic carbocycles. The first-order valence-corrected chi connectivity index (χ1v) is 16.9. The van der Waals surface area contributed by atoms with E-state index < -0.39 is 0 Å². The monoisotopic (exact) mass is 748 g/mol. The van der Waals surface area contributed by atoms with Crippen LogP contribution >= 0.6 is 23.2 Å². The molecule has 1 aliphatic carbocycles. The van der Waals surface area contributed by atoms with Crippen LogP contribution in [0.5, 0.6) is 11.8 Å². The quantitative estimate of drug-likeness (QED) is 0.182. The van der Waals surface area contributed by atoms with E-state index in [1.54, 1.807) is 83.7 Å². The maximum atomic E-state index is 13.2. The highest BCUT2D eigenvalue weighted by atomic mass is 35.5. The van der Waals surface area contributed by atoms with Crippen molar-refractivity contribution >= 4 is 23.2 Å². The summed E-state index contributed by atoms with van der Waals surface area (Å²) in [7, 11) is 6.69. The first-order valence-electron chi connectivity index (χ1n) is 16.2. The summed E-state index contributed by atoms with van der Waals surface area (Å²) in [6.07, 6.45) is 5.42. The Bertz CT molecular complexity index is 1880. The standard InChI is InChI=1S/C8H10ClNO.C8H11FN2.C7H8ClNO.C7H10N2O.C6H9FN2/c1-3-10-5-7(9)4-6(2)8(10)11;1-5-7(9)8(6-3-4-6)10-11(5)2;1-5-3-6(8)4-9-7(5)10-2;1-5-4-6(2)8-9-7(5)10-3;1-4-6(7)5(2)9(3)8-4/h4-5H,3H2,1-2H3;6H,3-4H2,1-2H3;3-4H,1-2H3;4H,1-3H3;1-3H3. The molecule has 1 fully saturated rings. The van der Waals surface area contributed by atoms with Crippen molar-refractivity contribution < 1.29 is 18.3 Å². The number of aryl methyl sites for hydroxylation is 8. The second-order valence-corrected chi connectivity index (χ2v) is 12.8. The molecule has 1 saturated carbocycles. The first kappa shape index (κ1) is 42.8. The summed E-state index contributed by atoms with van der Waals surface area (Å²) in [4.78, 5) is 15.2. The molecule has 0 amide bonds. The van der Waals surface area contributed by atoms with Crippen molar-refractivity contribution in [1.82, 2.24) is 39.3 Å². The minimum absolute atomic E-state index is 0.0388. The highest BCUT2D eigenvalue weighted by Gasteiger charge is 2.30. The molecule has 0 N–H and O–H groups in total. The maximum absolute atomic E-state index is 13.2. The van der Waals surface area contributed by atoms with Crippen molar-refractivity contribution in [3.63, 3.8) is 0 Å². The lowest BCUT2D eigenvalue weighted by molar-refractivity contribution is 0.388. The summed E-state index contributed by atoms with van der Waals surface area (Å²) in [5.41, 5.74) is 6.00. The van der Waals surface area contributed by atoms with E-state index in [1.807, 2.05) is 39.8 Å². The lowest BCUT2D eigenvalue weighted by atomic mass is 10.2. The van der Waals surface area contributed by atoms with Crippen LogP contribution in [0.15, 0.2) is 35.4 Å². The van der Waals surface area contributed by atoms with E-state index in [1.165, 1.54) is 4.68 Å². The molecular weight excluding hydrogens is 701 g/mol. The molecule has 11 nitrogen and oxygen atoms in total. The molecule has 0 radical (unpaired) electrons. The number of halogens is 4. The summed E-state index contributed by atoms with van der Waals surface area (Å²) in [5, 5.41) is 16.9. The van der Waals surface area contributed by atoms with Gasteiger partial charge in [0.05, 0.1) is 47.0 Å². The third-order valence-electron chi connectivity index (χ3n) is 7.69. The third kappa shape index (κ3) is 12.7. The van der Waals surface area contributed by atoms with Gasteiger partial charge in [0.2, 0.25) is 11.8 Å². The number of methoxy groups -OCH3 is 2. The Kier molecular flexibility index (Phi) is 16.7. The van der Waals surface area contributed by atoms with Crippen LogP contribution in [0, 0.1) is 60.1 Å². The van der Waals surface area contributed by atoms with Crippen LogP contribution in [-0.2, 0) is 20.6 Å².